The molecule has 0 aromatic carbocycles. The first kappa shape index (κ1) is 16.8. The minimum atomic E-state index is -0.435. The average molecular weight is 357 g/mol. The highest BCUT2D eigenvalue weighted by molar-refractivity contribution is 5.66. The summed E-state index contributed by atoms with van der Waals surface area (Å²) in [7, 11) is 1.83. The van der Waals surface area contributed by atoms with Crippen molar-refractivity contribution in [2.24, 2.45) is 0 Å². The fourth-order valence-corrected chi connectivity index (χ4v) is 2.94. The molecule has 1 saturated heterocycles. The monoisotopic (exact) mass is 357 g/mol. The first-order valence-corrected chi connectivity index (χ1v) is 8.76. The van der Waals surface area contributed by atoms with Crippen molar-refractivity contribution in [3.05, 3.63) is 18.3 Å². The van der Waals surface area contributed by atoms with Crippen molar-refractivity contribution >= 4 is 11.6 Å². The van der Waals surface area contributed by atoms with Gasteiger partial charge in [0, 0.05) is 31.9 Å². The van der Waals surface area contributed by atoms with E-state index in [1.54, 1.807) is 6.20 Å². The zero-order valence-electron chi connectivity index (χ0n) is 15.3. The molecular formula is C18H23N5O3. The Labute approximate surface area is 152 Å². The minimum absolute atomic E-state index is 0.435. The molecule has 2 aromatic rings. The number of rotatable bonds is 3. The number of anilines is 2. The van der Waals surface area contributed by atoms with Crippen LogP contribution >= 0.6 is 0 Å². The second-order valence-corrected chi connectivity index (χ2v) is 6.94. The van der Waals surface area contributed by atoms with E-state index >= 15 is 0 Å². The van der Waals surface area contributed by atoms with E-state index in [4.69, 9.17) is 19.2 Å². The van der Waals surface area contributed by atoms with Crippen LogP contribution in [0.1, 0.15) is 13.8 Å². The predicted molar refractivity (Wildman–Crippen MR) is 98.0 cm³/mol. The lowest BCUT2D eigenvalue weighted by atomic mass is 10.1. The smallest absolute Gasteiger partial charge is 0.263 e. The molecule has 0 saturated carbocycles. The Morgan fingerprint density at radius 3 is 2.65 bits per heavy atom. The lowest BCUT2D eigenvalue weighted by Gasteiger charge is -2.35. The Bertz CT molecular complexity index is 788. The summed E-state index contributed by atoms with van der Waals surface area (Å²) in [6, 6.07) is 3.84. The van der Waals surface area contributed by atoms with Crippen LogP contribution < -0.4 is 19.7 Å². The van der Waals surface area contributed by atoms with Gasteiger partial charge in [-0.25, -0.2) is 9.97 Å². The topological polar surface area (TPSA) is 81.6 Å². The van der Waals surface area contributed by atoms with Gasteiger partial charge in [-0.2, -0.15) is 4.98 Å². The Hall–Kier alpha value is -2.61. The van der Waals surface area contributed by atoms with E-state index in [1.165, 1.54) is 0 Å². The van der Waals surface area contributed by atoms with Crippen LogP contribution in [0, 0.1) is 0 Å². The second-order valence-electron chi connectivity index (χ2n) is 6.94. The molecule has 2 aliphatic rings. The number of nitrogens with one attached hydrogen (secondary N) is 1. The quantitative estimate of drug-likeness (QED) is 0.893. The number of ether oxygens (including phenoxy) is 3. The molecule has 4 heterocycles. The highest BCUT2D eigenvalue weighted by atomic mass is 16.6. The second kappa shape index (κ2) is 6.60. The molecule has 138 valence electrons. The lowest BCUT2D eigenvalue weighted by molar-refractivity contribution is 0.0160. The number of fused-ring (bicyclic) bond motifs is 1. The molecule has 0 aliphatic carbocycles. The Kier molecular flexibility index (Phi) is 4.28. The molecule has 0 spiro atoms. The van der Waals surface area contributed by atoms with Crippen LogP contribution in [0.25, 0.3) is 11.4 Å². The van der Waals surface area contributed by atoms with E-state index in [9.17, 15) is 0 Å². The summed E-state index contributed by atoms with van der Waals surface area (Å²) >= 11 is 0. The molecule has 4 rings (SSSR count). The first-order valence-electron chi connectivity index (χ1n) is 8.76. The van der Waals surface area contributed by atoms with E-state index in [0.29, 0.717) is 37.3 Å². The molecular weight excluding hydrogens is 334 g/mol. The van der Waals surface area contributed by atoms with Crippen molar-refractivity contribution in [1.29, 1.82) is 0 Å². The third kappa shape index (κ3) is 3.24. The van der Waals surface area contributed by atoms with Crippen LogP contribution in [-0.2, 0) is 4.74 Å². The van der Waals surface area contributed by atoms with E-state index < -0.39 is 5.60 Å². The third-order valence-electron chi connectivity index (χ3n) is 4.34. The van der Waals surface area contributed by atoms with Crippen molar-refractivity contribution in [2.75, 3.05) is 50.2 Å². The minimum Gasteiger partial charge on any atom is -0.481 e. The number of nitrogens with zero attached hydrogens (tertiary/aromatic N) is 4. The van der Waals surface area contributed by atoms with Crippen LogP contribution in [0.15, 0.2) is 18.3 Å². The van der Waals surface area contributed by atoms with E-state index in [1.807, 2.05) is 33.0 Å². The lowest BCUT2D eigenvalue weighted by Crippen LogP contribution is -2.41. The summed E-state index contributed by atoms with van der Waals surface area (Å²) in [6.07, 6.45) is 1.76. The largest absolute Gasteiger partial charge is 0.481 e. The summed E-state index contributed by atoms with van der Waals surface area (Å²) in [5.41, 5.74) is 0.392. The van der Waals surface area contributed by atoms with Crippen molar-refractivity contribution in [2.45, 2.75) is 19.4 Å². The standard InChI is InChI=1S/C18H23N5O3/c1-18(2)11-25-14-16(23-6-8-24-9-7-23)21-15(22-17(14)26-18)12-4-5-13(19-3)20-10-12/h4-5,10H,6-9,11H2,1-3H3,(H,19,20). The van der Waals surface area contributed by atoms with E-state index in [2.05, 4.69) is 20.2 Å². The molecule has 26 heavy (non-hydrogen) atoms. The summed E-state index contributed by atoms with van der Waals surface area (Å²) in [5, 5.41) is 3.01. The molecule has 0 bridgehead atoms. The fourth-order valence-electron chi connectivity index (χ4n) is 2.94. The van der Waals surface area contributed by atoms with Gasteiger partial charge in [-0.05, 0) is 26.0 Å². The van der Waals surface area contributed by atoms with Gasteiger partial charge in [0.25, 0.3) is 5.88 Å². The highest BCUT2D eigenvalue weighted by Gasteiger charge is 2.34. The van der Waals surface area contributed by atoms with Crippen molar-refractivity contribution in [3.63, 3.8) is 0 Å². The van der Waals surface area contributed by atoms with Gasteiger partial charge in [0.05, 0.1) is 13.2 Å². The van der Waals surface area contributed by atoms with Gasteiger partial charge in [-0.15, -0.1) is 0 Å². The summed E-state index contributed by atoms with van der Waals surface area (Å²) in [5.74, 6) is 3.20. The van der Waals surface area contributed by atoms with Crippen LogP contribution in [0.2, 0.25) is 0 Å². The third-order valence-corrected chi connectivity index (χ3v) is 4.34. The molecule has 1 fully saturated rings. The number of hydrogen-bond donors (Lipinski definition) is 1. The highest BCUT2D eigenvalue weighted by Crippen LogP contribution is 2.41. The fraction of sp³-hybridized carbons (Fsp3) is 0.500. The van der Waals surface area contributed by atoms with Gasteiger partial charge in [0.15, 0.2) is 11.6 Å². The Morgan fingerprint density at radius 1 is 1.15 bits per heavy atom. The molecule has 8 nitrogen and oxygen atoms in total. The number of pyridine rings is 1. The normalized spacial score (nSPS) is 18.5. The molecule has 0 atom stereocenters. The summed E-state index contributed by atoms with van der Waals surface area (Å²) in [4.78, 5) is 15.9. The first-order chi connectivity index (χ1) is 12.6. The number of morpholine rings is 1. The average Bonchev–Trinajstić information content (AvgIpc) is 2.67. The van der Waals surface area contributed by atoms with Gasteiger partial charge < -0.3 is 24.4 Å². The zero-order valence-corrected chi connectivity index (χ0v) is 15.3. The molecule has 2 aromatic heterocycles. The molecule has 0 amide bonds. The molecule has 1 N–H and O–H groups in total. The molecule has 2 aliphatic heterocycles. The zero-order chi connectivity index (χ0) is 18.1. The summed E-state index contributed by atoms with van der Waals surface area (Å²) < 4.78 is 17.5. The van der Waals surface area contributed by atoms with Gasteiger partial charge in [-0.1, -0.05) is 0 Å². The molecule has 0 unspecified atom stereocenters. The van der Waals surface area contributed by atoms with Crippen LogP contribution in [-0.4, -0.2) is 60.5 Å². The van der Waals surface area contributed by atoms with Gasteiger partial charge in [0.1, 0.15) is 18.0 Å². The van der Waals surface area contributed by atoms with Crippen LogP contribution in [0.4, 0.5) is 11.6 Å². The van der Waals surface area contributed by atoms with E-state index in [0.717, 1.165) is 30.3 Å². The van der Waals surface area contributed by atoms with Crippen molar-refractivity contribution in [3.8, 4) is 23.0 Å². The van der Waals surface area contributed by atoms with Crippen molar-refractivity contribution in [1.82, 2.24) is 15.0 Å². The maximum absolute atomic E-state index is 6.09. The molecule has 8 heteroatoms. The van der Waals surface area contributed by atoms with Gasteiger partial charge >= 0.3 is 0 Å². The number of aromatic nitrogens is 3. The molecule has 0 radical (unpaired) electrons. The van der Waals surface area contributed by atoms with Crippen molar-refractivity contribution < 1.29 is 14.2 Å². The van der Waals surface area contributed by atoms with Gasteiger partial charge in [-0.3, -0.25) is 0 Å². The van der Waals surface area contributed by atoms with Gasteiger partial charge in [0.2, 0.25) is 5.75 Å². The summed E-state index contributed by atoms with van der Waals surface area (Å²) in [6.45, 7) is 7.26. The Balaban J connectivity index is 1.79. The maximum Gasteiger partial charge on any atom is 0.263 e. The van der Waals surface area contributed by atoms with E-state index in [-0.39, 0.29) is 0 Å². The predicted octanol–water partition coefficient (Wildman–Crippen LogP) is 1.97. The van der Waals surface area contributed by atoms with Crippen LogP contribution in [0.3, 0.4) is 0 Å². The SMILES string of the molecule is CNc1ccc(-c2nc3c(c(N4CCOCC4)n2)OCC(C)(C)O3)cn1. The Morgan fingerprint density at radius 2 is 1.96 bits per heavy atom. The number of hydrogen-bond acceptors (Lipinski definition) is 8. The van der Waals surface area contributed by atoms with Crippen LogP contribution in [0.5, 0.6) is 11.6 Å². The maximum atomic E-state index is 6.09.